The minimum Gasteiger partial charge on any atom is -0.406 e. The topological polar surface area (TPSA) is 63.0 Å². The van der Waals surface area contributed by atoms with Crippen LogP contribution in [-0.2, 0) is 6.42 Å². The summed E-state index contributed by atoms with van der Waals surface area (Å²) < 4.78 is 31.4. The highest BCUT2D eigenvalue weighted by Crippen LogP contribution is 2.13. The van der Waals surface area contributed by atoms with E-state index in [9.17, 15) is 8.78 Å². The van der Waals surface area contributed by atoms with Crippen molar-refractivity contribution in [3.05, 3.63) is 41.3 Å². The Bertz CT molecular complexity index is 553. The Hall–Kier alpha value is -2.02. The largest absolute Gasteiger partial charge is 0.406 e. The van der Waals surface area contributed by atoms with Crippen LogP contribution in [0.5, 0.6) is 0 Å². The van der Waals surface area contributed by atoms with Gasteiger partial charge in [-0.2, -0.15) is 0 Å². The maximum absolute atomic E-state index is 13.0. The van der Waals surface area contributed by atoms with Crippen molar-refractivity contribution in [2.75, 3.05) is 18.9 Å². The summed E-state index contributed by atoms with van der Waals surface area (Å²) >= 11 is 0. The number of nitrogens with zero attached hydrogens (tertiary/aromatic N) is 2. The van der Waals surface area contributed by atoms with Crippen LogP contribution in [0.15, 0.2) is 22.6 Å². The summed E-state index contributed by atoms with van der Waals surface area (Å²) in [5.74, 6) is -0.683. The van der Waals surface area contributed by atoms with Gasteiger partial charge in [0, 0.05) is 12.6 Å². The van der Waals surface area contributed by atoms with Crippen molar-refractivity contribution in [3.8, 4) is 0 Å². The standard InChI is InChI=1S/C13H16F2N4O/c1-8(16-2)12-18-19-13(20-12)17-4-3-9-5-10(14)7-11(15)6-9/h5-8,16H,3-4H2,1-2H3,(H,17,19). The molecule has 0 spiro atoms. The molecule has 2 rings (SSSR count). The van der Waals surface area contributed by atoms with E-state index >= 15 is 0 Å². The fourth-order valence-electron chi connectivity index (χ4n) is 1.67. The van der Waals surface area contributed by atoms with Gasteiger partial charge < -0.3 is 15.1 Å². The summed E-state index contributed by atoms with van der Waals surface area (Å²) in [5, 5.41) is 13.6. The molecule has 20 heavy (non-hydrogen) atoms. The van der Waals surface area contributed by atoms with Crippen molar-refractivity contribution in [1.82, 2.24) is 15.5 Å². The highest BCUT2D eigenvalue weighted by atomic mass is 19.1. The van der Waals surface area contributed by atoms with Crippen LogP contribution in [0.1, 0.15) is 24.4 Å². The molecule has 0 saturated carbocycles. The Balaban J connectivity index is 1.88. The van der Waals surface area contributed by atoms with E-state index in [0.717, 1.165) is 6.07 Å². The summed E-state index contributed by atoms with van der Waals surface area (Å²) in [5.41, 5.74) is 0.568. The molecule has 0 radical (unpaired) electrons. The molecular formula is C13H16F2N4O. The molecule has 108 valence electrons. The van der Waals surface area contributed by atoms with Gasteiger partial charge in [0.1, 0.15) is 11.6 Å². The molecule has 0 bridgehead atoms. The van der Waals surface area contributed by atoms with Crippen molar-refractivity contribution in [1.29, 1.82) is 0 Å². The number of aromatic nitrogens is 2. The first-order valence-corrected chi connectivity index (χ1v) is 6.28. The third kappa shape index (κ3) is 3.74. The van der Waals surface area contributed by atoms with Crippen molar-refractivity contribution in [2.45, 2.75) is 19.4 Å². The maximum atomic E-state index is 13.0. The van der Waals surface area contributed by atoms with Crippen LogP contribution >= 0.6 is 0 Å². The number of rotatable bonds is 6. The van der Waals surface area contributed by atoms with Crippen LogP contribution in [0.2, 0.25) is 0 Å². The third-order valence-corrected chi connectivity index (χ3v) is 2.86. The van der Waals surface area contributed by atoms with Crippen LogP contribution in [0.4, 0.5) is 14.8 Å². The molecule has 0 aliphatic rings. The van der Waals surface area contributed by atoms with Crippen molar-refractivity contribution < 1.29 is 13.2 Å². The van der Waals surface area contributed by atoms with Gasteiger partial charge in [0.2, 0.25) is 5.89 Å². The van der Waals surface area contributed by atoms with E-state index in [4.69, 9.17) is 4.42 Å². The Kier molecular flexibility index (Phi) is 4.62. The van der Waals surface area contributed by atoms with E-state index in [2.05, 4.69) is 20.8 Å². The van der Waals surface area contributed by atoms with Gasteiger partial charge in [0.15, 0.2) is 0 Å². The Morgan fingerprint density at radius 1 is 1.20 bits per heavy atom. The molecule has 0 fully saturated rings. The van der Waals surface area contributed by atoms with E-state index in [1.54, 1.807) is 7.05 Å². The summed E-state index contributed by atoms with van der Waals surface area (Å²) in [4.78, 5) is 0. The molecule has 1 aromatic heterocycles. The van der Waals surface area contributed by atoms with Crippen molar-refractivity contribution in [2.24, 2.45) is 0 Å². The minimum atomic E-state index is -0.581. The Morgan fingerprint density at radius 2 is 1.90 bits per heavy atom. The monoisotopic (exact) mass is 282 g/mol. The molecule has 0 aliphatic carbocycles. The lowest BCUT2D eigenvalue weighted by Gasteiger charge is -2.04. The average Bonchev–Trinajstić information content (AvgIpc) is 2.85. The van der Waals surface area contributed by atoms with Crippen LogP contribution in [-0.4, -0.2) is 23.8 Å². The first-order chi connectivity index (χ1) is 9.58. The molecule has 0 amide bonds. The zero-order valence-corrected chi connectivity index (χ0v) is 11.3. The molecule has 1 atom stereocenters. The third-order valence-electron chi connectivity index (χ3n) is 2.86. The van der Waals surface area contributed by atoms with Gasteiger partial charge in [-0.15, -0.1) is 5.10 Å². The first kappa shape index (κ1) is 14.4. The molecule has 1 aromatic carbocycles. The van der Waals surface area contributed by atoms with Crippen LogP contribution in [0.3, 0.4) is 0 Å². The fourth-order valence-corrected chi connectivity index (χ4v) is 1.67. The minimum absolute atomic E-state index is 0.0321. The smallest absolute Gasteiger partial charge is 0.315 e. The number of hydrogen-bond donors (Lipinski definition) is 2. The van der Waals surface area contributed by atoms with Gasteiger partial charge in [-0.3, -0.25) is 0 Å². The molecule has 0 aliphatic heterocycles. The summed E-state index contributed by atoms with van der Waals surface area (Å²) in [6.07, 6.45) is 0.452. The Labute approximate surface area is 115 Å². The summed E-state index contributed by atoms with van der Waals surface area (Å²) in [6.45, 7) is 2.34. The SMILES string of the molecule is CNC(C)c1nnc(NCCc2cc(F)cc(F)c2)o1. The summed E-state index contributed by atoms with van der Waals surface area (Å²) in [7, 11) is 1.79. The van der Waals surface area contributed by atoms with Crippen LogP contribution in [0, 0.1) is 11.6 Å². The van der Waals surface area contributed by atoms with E-state index in [0.29, 0.717) is 30.4 Å². The quantitative estimate of drug-likeness (QED) is 0.851. The van der Waals surface area contributed by atoms with Crippen molar-refractivity contribution >= 4 is 6.01 Å². The van der Waals surface area contributed by atoms with Crippen LogP contribution in [0.25, 0.3) is 0 Å². The van der Waals surface area contributed by atoms with Gasteiger partial charge in [0.05, 0.1) is 6.04 Å². The second-order valence-electron chi connectivity index (χ2n) is 4.41. The van der Waals surface area contributed by atoms with Crippen molar-refractivity contribution in [3.63, 3.8) is 0 Å². The molecule has 1 unspecified atom stereocenters. The zero-order chi connectivity index (χ0) is 14.5. The normalized spacial score (nSPS) is 12.4. The molecule has 0 saturated heterocycles. The van der Waals surface area contributed by atoms with Gasteiger partial charge >= 0.3 is 6.01 Å². The van der Waals surface area contributed by atoms with E-state index < -0.39 is 11.6 Å². The highest BCUT2D eigenvalue weighted by Gasteiger charge is 2.11. The maximum Gasteiger partial charge on any atom is 0.315 e. The van der Waals surface area contributed by atoms with Gasteiger partial charge in [-0.25, -0.2) is 8.78 Å². The number of anilines is 1. The van der Waals surface area contributed by atoms with Crippen LogP contribution < -0.4 is 10.6 Å². The molecule has 5 nitrogen and oxygen atoms in total. The second-order valence-corrected chi connectivity index (χ2v) is 4.41. The molecule has 1 heterocycles. The molecule has 7 heteroatoms. The number of nitrogens with one attached hydrogen (secondary N) is 2. The Morgan fingerprint density at radius 3 is 2.55 bits per heavy atom. The predicted octanol–water partition coefficient (Wildman–Crippen LogP) is 2.28. The molecule has 2 N–H and O–H groups in total. The van der Waals surface area contributed by atoms with E-state index in [1.807, 2.05) is 6.92 Å². The second kappa shape index (κ2) is 6.42. The lowest BCUT2D eigenvalue weighted by molar-refractivity contribution is 0.441. The van der Waals surface area contributed by atoms with Gasteiger partial charge in [0.25, 0.3) is 0 Å². The van der Waals surface area contributed by atoms with Gasteiger partial charge in [-0.1, -0.05) is 5.10 Å². The average molecular weight is 282 g/mol. The first-order valence-electron chi connectivity index (χ1n) is 6.28. The summed E-state index contributed by atoms with van der Waals surface area (Å²) in [6, 6.07) is 3.70. The van der Waals surface area contributed by atoms with Gasteiger partial charge in [-0.05, 0) is 38.1 Å². The lowest BCUT2D eigenvalue weighted by atomic mass is 10.1. The molecule has 2 aromatic rings. The lowest BCUT2D eigenvalue weighted by Crippen LogP contribution is -2.12. The fraction of sp³-hybridized carbons (Fsp3) is 0.385. The number of benzene rings is 1. The zero-order valence-electron chi connectivity index (χ0n) is 11.3. The number of halogens is 2. The van der Waals surface area contributed by atoms with E-state index in [1.165, 1.54) is 12.1 Å². The molecular weight excluding hydrogens is 266 g/mol. The predicted molar refractivity (Wildman–Crippen MR) is 70.3 cm³/mol. The van der Waals surface area contributed by atoms with E-state index in [-0.39, 0.29) is 6.04 Å². The highest BCUT2D eigenvalue weighted by molar-refractivity contribution is 5.22. The number of hydrogen-bond acceptors (Lipinski definition) is 5.